The average molecular weight is 383 g/mol. The number of nitrogens with one attached hydrogen (secondary N) is 1. The van der Waals surface area contributed by atoms with Crippen molar-refractivity contribution >= 4 is 32.0 Å². The lowest BCUT2D eigenvalue weighted by Gasteiger charge is -2.09. The molecule has 4 aromatic rings. The van der Waals surface area contributed by atoms with Gasteiger partial charge in [0.25, 0.3) is 10.0 Å². The fourth-order valence-corrected chi connectivity index (χ4v) is 4.75. The lowest BCUT2D eigenvalue weighted by Crippen LogP contribution is -2.12. The highest BCUT2D eigenvalue weighted by Crippen LogP contribution is 2.25. The number of aromatic nitrogens is 2. The highest BCUT2D eigenvalue weighted by molar-refractivity contribution is 7.92. The molecule has 2 aromatic heterocycles. The van der Waals surface area contributed by atoms with Gasteiger partial charge >= 0.3 is 0 Å². The van der Waals surface area contributed by atoms with E-state index in [2.05, 4.69) is 15.1 Å². The number of anilines is 1. The molecular formula is C19H17N3O2S2. The number of imidazole rings is 1. The molecule has 2 aromatic carbocycles. The van der Waals surface area contributed by atoms with Gasteiger partial charge in [-0.05, 0) is 43.7 Å². The SMILES string of the molecule is Cc1cccc(S(=O)(=O)Nc2ccc(-c3cn4c(C)csc4n3)cc2)c1. The van der Waals surface area contributed by atoms with Crippen molar-refractivity contribution in [1.82, 2.24) is 9.38 Å². The van der Waals surface area contributed by atoms with Crippen molar-refractivity contribution < 1.29 is 8.42 Å². The van der Waals surface area contributed by atoms with Crippen LogP contribution in [0.25, 0.3) is 16.2 Å². The van der Waals surface area contributed by atoms with Crippen molar-refractivity contribution in [1.29, 1.82) is 0 Å². The third kappa shape index (κ3) is 3.11. The molecular weight excluding hydrogens is 366 g/mol. The number of hydrogen-bond donors (Lipinski definition) is 1. The topological polar surface area (TPSA) is 63.5 Å². The second kappa shape index (κ2) is 6.26. The molecule has 7 heteroatoms. The molecule has 0 fully saturated rings. The predicted octanol–water partition coefficient (Wildman–Crippen LogP) is 4.48. The van der Waals surface area contributed by atoms with Gasteiger partial charge < -0.3 is 0 Å². The summed E-state index contributed by atoms with van der Waals surface area (Å²) in [5.74, 6) is 0. The summed E-state index contributed by atoms with van der Waals surface area (Å²) in [7, 11) is -3.60. The first-order valence-electron chi connectivity index (χ1n) is 8.05. The average Bonchev–Trinajstić information content (AvgIpc) is 3.18. The van der Waals surface area contributed by atoms with Crippen molar-refractivity contribution in [2.45, 2.75) is 18.7 Å². The molecule has 1 N–H and O–H groups in total. The van der Waals surface area contributed by atoms with E-state index in [9.17, 15) is 8.42 Å². The number of nitrogens with zero attached hydrogens (tertiary/aromatic N) is 2. The smallest absolute Gasteiger partial charge is 0.261 e. The van der Waals surface area contributed by atoms with Crippen molar-refractivity contribution in [3.05, 3.63) is 71.4 Å². The predicted molar refractivity (Wildman–Crippen MR) is 105 cm³/mol. The normalized spacial score (nSPS) is 11.8. The van der Waals surface area contributed by atoms with E-state index in [1.807, 2.05) is 42.6 Å². The van der Waals surface area contributed by atoms with Crippen molar-refractivity contribution in [3.8, 4) is 11.3 Å². The van der Waals surface area contributed by atoms with E-state index in [0.29, 0.717) is 5.69 Å². The van der Waals surface area contributed by atoms with Crippen molar-refractivity contribution in [3.63, 3.8) is 0 Å². The van der Waals surface area contributed by atoms with E-state index < -0.39 is 10.0 Å². The Morgan fingerprint density at radius 2 is 1.85 bits per heavy atom. The first-order chi connectivity index (χ1) is 12.4. The Labute approximate surface area is 156 Å². The quantitative estimate of drug-likeness (QED) is 0.565. The Hall–Kier alpha value is -2.64. The summed E-state index contributed by atoms with van der Waals surface area (Å²) in [6, 6.07) is 14.1. The molecule has 0 radical (unpaired) electrons. The van der Waals surface area contributed by atoms with Crippen LogP contribution >= 0.6 is 11.3 Å². The van der Waals surface area contributed by atoms with Gasteiger partial charge in [0.2, 0.25) is 0 Å². The number of aryl methyl sites for hydroxylation is 2. The molecule has 26 heavy (non-hydrogen) atoms. The summed E-state index contributed by atoms with van der Waals surface area (Å²) in [6.07, 6.45) is 1.99. The van der Waals surface area contributed by atoms with Crippen LogP contribution in [0.5, 0.6) is 0 Å². The maximum absolute atomic E-state index is 12.5. The summed E-state index contributed by atoms with van der Waals surface area (Å²) < 4.78 is 29.7. The molecule has 0 spiro atoms. The fourth-order valence-electron chi connectivity index (χ4n) is 2.74. The van der Waals surface area contributed by atoms with Crippen LogP contribution in [0.3, 0.4) is 0 Å². The fraction of sp³-hybridized carbons (Fsp3) is 0.105. The Morgan fingerprint density at radius 3 is 2.54 bits per heavy atom. The zero-order valence-corrected chi connectivity index (χ0v) is 15.9. The summed E-state index contributed by atoms with van der Waals surface area (Å²) >= 11 is 1.60. The van der Waals surface area contributed by atoms with Gasteiger partial charge in [-0.25, -0.2) is 13.4 Å². The van der Waals surface area contributed by atoms with Crippen LogP contribution in [-0.2, 0) is 10.0 Å². The highest BCUT2D eigenvalue weighted by atomic mass is 32.2. The number of rotatable bonds is 4. The van der Waals surface area contributed by atoms with E-state index >= 15 is 0 Å². The van der Waals surface area contributed by atoms with Crippen LogP contribution in [-0.4, -0.2) is 17.8 Å². The molecule has 0 amide bonds. The lowest BCUT2D eigenvalue weighted by atomic mass is 10.1. The Morgan fingerprint density at radius 1 is 1.08 bits per heavy atom. The second-order valence-corrected chi connectivity index (χ2v) is 8.67. The van der Waals surface area contributed by atoms with E-state index in [1.165, 1.54) is 0 Å². The van der Waals surface area contributed by atoms with Gasteiger partial charge in [0.1, 0.15) is 0 Å². The summed E-state index contributed by atoms with van der Waals surface area (Å²) in [6.45, 7) is 3.91. The zero-order chi connectivity index (χ0) is 18.3. The maximum atomic E-state index is 12.5. The van der Waals surface area contributed by atoms with Crippen LogP contribution in [0.15, 0.2) is 65.0 Å². The number of fused-ring (bicyclic) bond motifs is 1. The molecule has 0 aliphatic rings. The maximum Gasteiger partial charge on any atom is 0.261 e. The summed E-state index contributed by atoms with van der Waals surface area (Å²) in [5.41, 5.74) is 4.38. The largest absolute Gasteiger partial charge is 0.294 e. The molecule has 0 saturated carbocycles. The van der Waals surface area contributed by atoms with Gasteiger partial charge in [-0.15, -0.1) is 11.3 Å². The molecule has 4 rings (SSSR count). The lowest BCUT2D eigenvalue weighted by molar-refractivity contribution is 0.601. The molecule has 0 unspecified atom stereocenters. The molecule has 0 aliphatic carbocycles. The summed E-state index contributed by atoms with van der Waals surface area (Å²) in [5, 5.41) is 2.06. The van der Waals surface area contributed by atoms with Gasteiger partial charge in [-0.2, -0.15) is 0 Å². The van der Waals surface area contributed by atoms with Crippen LogP contribution in [0.4, 0.5) is 5.69 Å². The van der Waals surface area contributed by atoms with Crippen LogP contribution in [0.2, 0.25) is 0 Å². The second-order valence-electron chi connectivity index (χ2n) is 6.16. The van der Waals surface area contributed by atoms with E-state index in [0.717, 1.165) is 27.5 Å². The Bertz CT molecular complexity index is 1190. The van der Waals surface area contributed by atoms with Crippen LogP contribution in [0.1, 0.15) is 11.3 Å². The molecule has 0 saturated heterocycles. The first-order valence-corrected chi connectivity index (χ1v) is 10.4. The van der Waals surface area contributed by atoms with E-state index in [4.69, 9.17) is 0 Å². The molecule has 0 aliphatic heterocycles. The highest BCUT2D eigenvalue weighted by Gasteiger charge is 2.14. The minimum atomic E-state index is -3.60. The van der Waals surface area contributed by atoms with Crippen LogP contribution in [0, 0.1) is 13.8 Å². The van der Waals surface area contributed by atoms with Gasteiger partial charge in [-0.1, -0.05) is 24.3 Å². The third-order valence-electron chi connectivity index (χ3n) is 4.12. The Balaban J connectivity index is 1.59. The van der Waals surface area contributed by atoms with Crippen LogP contribution < -0.4 is 4.72 Å². The Kier molecular flexibility index (Phi) is 4.05. The van der Waals surface area contributed by atoms with Gasteiger partial charge in [0, 0.05) is 28.5 Å². The van der Waals surface area contributed by atoms with E-state index in [1.54, 1.807) is 41.7 Å². The summed E-state index contributed by atoms with van der Waals surface area (Å²) in [4.78, 5) is 5.81. The zero-order valence-electron chi connectivity index (χ0n) is 14.3. The van der Waals surface area contributed by atoms with Crippen molar-refractivity contribution in [2.24, 2.45) is 0 Å². The minimum Gasteiger partial charge on any atom is -0.294 e. The number of thiazole rings is 1. The van der Waals surface area contributed by atoms with Crippen molar-refractivity contribution in [2.75, 3.05) is 4.72 Å². The molecule has 5 nitrogen and oxygen atoms in total. The number of sulfonamides is 1. The molecule has 0 bridgehead atoms. The number of benzene rings is 2. The molecule has 132 valence electrons. The van der Waals surface area contributed by atoms with Gasteiger partial charge in [0.05, 0.1) is 10.6 Å². The monoisotopic (exact) mass is 383 g/mol. The molecule has 2 heterocycles. The molecule has 0 atom stereocenters. The third-order valence-corrected chi connectivity index (χ3v) is 6.46. The minimum absolute atomic E-state index is 0.256. The van der Waals surface area contributed by atoms with Gasteiger partial charge in [0.15, 0.2) is 4.96 Å². The number of hydrogen-bond acceptors (Lipinski definition) is 4. The van der Waals surface area contributed by atoms with Gasteiger partial charge in [-0.3, -0.25) is 9.12 Å². The standard InChI is InChI=1S/C19H17N3O2S2/c1-13-4-3-5-17(10-13)26(23,24)21-16-8-6-15(7-9-16)18-11-22-14(2)12-25-19(22)20-18/h3-12,21H,1-2H3. The van der Waals surface area contributed by atoms with E-state index in [-0.39, 0.29) is 4.90 Å². The first kappa shape index (κ1) is 16.8.